The maximum Gasteiger partial charge on any atom is 0.261 e. The van der Waals surface area contributed by atoms with Crippen molar-refractivity contribution in [3.8, 4) is 0 Å². The van der Waals surface area contributed by atoms with E-state index in [2.05, 4.69) is 10.6 Å². The summed E-state index contributed by atoms with van der Waals surface area (Å²) < 4.78 is 28.4. The third-order valence-corrected chi connectivity index (χ3v) is 3.18. The summed E-state index contributed by atoms with van der Waals surface area (Å²) in [4.78, 5) is 12.0. The molecule has 0 fully saturated rings. The van der Waals surface area contributed by atoms with Crippen molar-refractivity contribution in [1.29, 1.82) is 0 Å². The molecule has 2 rings (SSSR count). The second-order valence-electron chi connectivity index (χ2n) is 4.70. The molecule has 1 unspecified atom stereocenters. The molecule has 0 bridgehead atoms. The molecule has 110 valence electrons. The van der Waals surface area contributed by atoms with Crippen LogP contribution in [0.3, 0.4) is 0 Å². The summed E-state index contributed by atoms with van der Waals surface area (Å²) in [5.41, 5.74) is 2.18. The maximum absolute atomic E-state index is 12.0. The van der Waals surface area contributed by atoms with Gasteiger partial charge in [0.1, 0.15) is 6.61 Å². The van der Waals surface area contributed by atoms with Crippen LogP contribution in [0, 0.1) is 5.92 Å². The molecule has 1 amide bonds. The van der Waals surface area contributed by atoms with Gasteiger partial charge in [0.2, 0.25) is 5.91 Å². The van der Waals surface area contributed by atoms with Crippen LogP contribution in [0.4, 0.5) is 14.5 Å². The number of hydrogen-bond acceptors (Lipinski definition) is 3. The predicted octanol–water partition coefficient (Wildman–Crippen LogP) is 1.67. The van der Waals surface area contributed by atoms with Gasteiger partial charge in [0, 0.05) is 18.8 Å². The molecule has 1 heterocycles. The van der Waals surface area contributed by atoms with E-state index in [1.54, 1.807) is 0 Å². The Morgan fingerprint density at radius 2 is 2.25 bits per heavy atom. The van der Waals surface area contributed by atoms with E-state index in [1.807, 2.05) is 24.3 Å². The summed E-state index contributed by atoms with van der Waals surface area (Å²) in [6.07, 6.45) is -1.78. The van der Waals surface area contributed by atoms with E-state index in [-0.39, 0.29) is 25.0 Å². The first kappa shape index (κ1) is 14.7. The Labute approximate surface area is 116 Å². The first-order valence-electron chi connectivity index (χ1n) is 6.62. The molecule has 4 nitrogen and oxygen atoms in total. The standard InChI is InChI=1S/C14H18F2N2O2/c15-13(16)9-20-6-5-17-14(19)11-7-10-3-1-2-4-12(10)18-8-11/h1-4,11,13,18H,5-9H2,(H,17,19). The topological polar surface area (TPSA) is 50.4 Å². The number of alkyl halides is 2. The lowest BCUT2D eigenvalue weighted by Crippen LogP contribution is -2.39. The second-order valence-corrected chi connectivity index (χ2v) is 4.70. The Balaban J connectivity index is 1.72. The van der Waals surface area contributed by atoms with Crippen molar-refractivity contribution in [1.82, 2.24) is 5.32 Å². The molecule has 2 N–H and O–H groups in total. The van der Waals surface area contributed by atoms with Gasteiger partial charge < -0.3 is 15.4 Å². The minimum atomic E-state index is -2.47. The third kappa shape index (κ3) is 4.16. The van der Waals surface area contributed by atoms with E-state index in [1.165, 1.54) is 0 Å². The van der Waals surface area contributed by atoms with Crippen molar-refractivity contribution in [3.05, 3.63) is 29.8 Å². The maximum atomic E-state index is 12.0. The smallest absolute Gasteiger partial charge is 0.261 e. The molecule has 1 aromatic rings. The Morgan fingerprint density at radius 3 is 3.05 bits per heavy atom. The van der Waals surface area contributed by atoms with Gasteiger partial charge in [-0.3, -0.25) is 4.79 Å². The monoisotopic (exact) mass is 284 g/mol. The third-order valence-electron chi connectivity index (χ3n) is 3.18. The Bertz CT molecular complexity index is 455. The number of fused-ring (bicyclic) bond motifs is 1. The fourth-order valence-electron chi connectivity index (χ4n) is 2.19. The number of amides is 1. The molecule has 20 heavy (non-hydrogen) atoms. The van der Waals surface area contributed by atoms with Crippen LogP contribution < -0.4 is 10.6 Å². The van der Waals surface area contributed by atoms with E-state index in [0.717, 1.165) is 11.3 Å². The molecular formula is C14H18F2N2O2. The van der Waals surface area contributed by atoms with Crippen molar-refractivity contribution >= 4 is 11.6 Å². The fraction of sp³-hybridized carbons (Fsp3) is 0.500. The summed E-state index contributed by atoms with van der Waals surface area (Å²) in [7, 11) is 0. The number of carbonyl (C=O) groups is 1. The second kappa shape index (κ2) is 7.19. The molecule has 1 aromatic carbocycles. The van der Waals surface area contributed by atoms with Gasteiger partial charge in [-0.2, -0.15) is 0 Å². The molecule has 1 aliphatic rings. The number of benzene rings is 1. The zero-order chi connectivity index (χ0) is 14.4. The lowest BCUT2D eigenvalue weighted by atomic mass is 9.93. The molecule has 1 aliphatic heterocycles. The van der Waals surface area contributed by atoms with Gasteiger partial charge in [0.25, 0.3) is 6.43 Å². The SMILES string of the molecule is O=C(NCCOCC(F)F)C1CNc2ccccc2C1. The molecule has 0 aromatic heterocycles. The summed E-state index contributed by atoms with van der Waals surface area (Å²) in [5, 5.41) is 5.93. The largest absolute Gasteiger partial charge is 0.384 e. The van der Waals surface area contributed by atoms with Crippen molar-refractivity contribution in [2.75, 3.05) is 31.6 Å². The highest BCUT2D eigenvalue weighted by Crippen LogP contribution is 2.24. The number of ether oxygens (including phenoxy) is 1. The number of para-hydroxylation sites is 1. The van der Waals surface area contributed by atoms with Crippen LogP contribution in [0.5, 0.6) is 0 Å². The van der Waals surface area contributed by atoms with Gasteiger partial charge in [-0.1, -0.05) is 18.2 Å². The van der Waals surface area contributed by atoms with Crippen LogP contribution in [-0.2, 0) is 16.0 Å². The highest BCUT2D eigenvalue weighted by molar-refractivity contribution is 5.80. The number of carbonyl (C=O) groups excluding carboxylic acids is 1. The summed E-state index contributed by atoms with van der Waals surface area (Å²) >= 11 is 0. The number of rotatable bonds is 6. The summed E-state index contributed by atoms with van der Waals surface area (Å²) in [6.45, 7) is 0.353. The van der Waals surface area contributed by atoms with Crippen LogP contribution in [0.2, 0.25) is 0 Å². The van der Waals surface area contributed by atoms with Crippen LogP contribution in [0.1, 0.15) is 5.56 Å². The molecule has 1 atom stereocenters. The van der Waals surface area contributed by atoms with Crippen LogP contribution >= 0.6 is 0 Å². The number of hydrogen-bond donors (Lipinski definition) is 2. The zero-order valence-corrected chi connectivity index (χ0v) is 11.1. The van der Waals surface area contributed by atoms with E-state index in [4.69, 9.17) is 4.74 Å². The van der Waals surface area contributed by atoms with E-state index >= 15 is 0 Å². The van der Waals surface area contributed by atoms with Gasteiger partial charge >= 0.3 is 0 Å². The lowest BCUT2D eigenvalue weighted by molar-refractivity contribution is -0.124. The molecule has 0 saturated carbocycles. The molecular weight excluding hydrogens is 266 g/mol. The highest BCUT2D eigenvalue weighted by Gasteiger charge is 2.23. The van der Waals surface area contributed by atoms with Gasteiger partial charge in [-0.25, -0.2) is 8.78 Å². The lowest BCUT2D eigenvalue weighted by Gasteiger charge is -2.25. The molecule has 0 aliphatic carbocycles. The fourth-order valence-corrected chi connectivity index (χ4v) is 2.19. The highest BCUT2D eigenvalue weighted by atomic mass is 19.3. The minimum Gasteiger partial charge on any atom is -0.384 e. The van der Waals surface area contributed by atoms with E-state index < -0.39 is 13.0 Å². The first-order valence-corrected chi connectivity index (χ1v) is 6.62. The molecule has 0 spiro atoms. The van der Waals surface area contributed by atoms with Gasteiger partial charge in [0.15, 0.2) is 0 Å². The zero-order valence-electron chi connectivity index (χ0n) is 11.1. The van der Waals surface area contributed by atoms with Crippen LogP contribution in [0.25, 0.3) is 0 Å². The first-order chi connectivity index (χ1) is 9.66. The quantitative estimate of drug-likeness (QED) is 0.781. The predicted molar refractivity (Wildman–Crippen MR) is 72.0 cm³/mol. The van der Waals surface area contributed by atoms with E-state index in [9.17, 15) is 13.6 Å². The number of nitrogens with one attached hydrogen (secondary N) is 2. The van der Waals surface area contributed by atoms with Gasteiger partial charge in [-0.15, -0.1) is 0 Å². The average Bonchev–Trinajstić information content (AvgIpc) is 2.46. The number of halogens is 2. The van der Waals surface area contributed by atoms with E-state index in [0.29, 0.717) is 13.0 Å². The van der Waals surface area contributed by atoms with Gasteiger partial charge in [-0.05, 0) is 18.1 Å². The van der Waals surface area contributed by atoms with Crippen molar-refractivity contribution in [2.45, 2.75) is 12.8 Å². The molecule has 0 saturated heterocycles. The number of anilines is 1. The summed E-state index contributed by atoms with van der Waals surface area (Å²) in [6, 6.07) is 7.88. The Morgan fingerprint density at radius 1 is 1.45 bits per heavy atom. The Kier molecular flexibility index (Phi) is 5.29. The normalized spacial score (nSPS) is 17.4. The molecule has 0 radical (unpaired) electrons. The Hall–Kier alpha value is -1.69. The van der Waals surface area contributed by atoms with Crippen LogP contribution in [-0.4, -0.2) is 38.6 Å². The van der Waals surface area contributed by atoms with Crippen molar-refractivity contribution in [3.63, 3.8) is 0 Å². The van der Waals surface area contributed by atoms with Crippen LogP contribution in [0.15, 0.2) is 24.3 Å². The molecule has 6 heteroatoms. The van der Waals surface area contributed by atoms with Gasteiger partial charge in [0.05, 0.1) is 12.5 Å². The average molecular weight is 284 g/mol. The van der Waals surface area contributed by atoms with Crippen molar-refractivity contribution in [2.24, 2.45) is 5.92 Å². The minimum absolute atomic E-state index is 0.0762. The summed E-state index contributed by atoms with van der Waals surface area (Å²) in [5.74, 6) is -0.215. The van der Waals surface area contributed by atoms with Crippen molar-refractivity contribution < 1.29 is 18.3 Å².